The number of aromatic nitrogens is 4. The lowest BCUT2D eigenvalue weighted by Gasteiger charge is -2.07. The number of anilines is 1. The van der Waals surface area contributed by atoms with Gasteiger partial charge in [-0.3, -0.25) is 10.1 Å². The highest BCUT2D eigenvalue weighted by atomic mass is 16.4. The zero-order valence-electron chi connectivity index (χ0n) is 9.54. The average molecular weight is 242 g/mol. The van der Waals surface area contributed by atoms with Gasteiger partial charge in [-0.15, -0.1) is 5.10 Å². The smallest absolute Gasteiger partial charge is 0.321 e. The normalized spacial score (nSPS) is 11.9. The lowest BCUT2D eigenvalue weighted by Crippen LogP contribution is -2.31. The number of aliphatic carboxylic acids is 1. The Balaban J connectivity index is 2.24. The maximum absolute atomic E-state index is 11.3. The maximum atomic E-state index is 11.3. The van der Waals surface area contributed by atoms with E-state index in [0.29, 0.717) is 6.42 Å². The van der Waals surface area contributed by atoms with Gasteiger partial charge in [0.1, 0.15) is 0 Å². The molecular formula is C8H14N6O3. The number of carboxylic acid groups (broad SMARTS) is 1. The molecule has 9 heteroatoms. The number of hydrogen-bond acceptors (Lipinski definition) is 5. The zero-order valence-corrected chi connectivity index (χ0v) is 9.54. The Morgan fingerprint density at radius 2 is 2.24 bits per heavy atom. The summed E-state index contributed by atoms with van der Waals surface area (Å²) < 4.78 is 0. The number of carbonyl (C=O) groups excluding carboxylic acids is 1. The summed E-state index contributed by atoms with van der Waals surface area (Å²) in [5, 5.41) is 24.3. The fourth-order valence-corrected chi connectivity index (χ4v) is 1.01. The highest BCUT2D eigenvalue weighted by Crippen LogP contribution is 1.99. The molecule has 0 aliphatic heterocycles. The summed E-state index contributed by atoms with van der Waals surface area (Å²) >= 11 is 0. The SMILES string of the molecule is CC(CCNC(=O)Nc1nnn(C)n1)C(=O)O. The van der Waals surface area contributed by atoms with Crippen LogP contribution in [-0.2, 0) is 11.8 Å². The maximum Gasteiger partial charge on any atom is 0.321 e. The van der Waals surface area contributed by atoms with Crippen LogP contribution in [0.25, 0.3) is 0 Å². The van der Waals surface area contributed by atoms with Crippen molar-refractivity contribution in [1.82, 2.24) is 25.5 Å². The van der Waals surface area contributed by atoms with Crippen LogP contribution in [0.4, 0.5) is 10.7 Å². The third-order valence-electron chi connectivity index (χ3n) is 2.02. The highest BCUT2D eigenvalue weighted by molar-refractivity contribution is 5.87. The molecule has 9 nitrogen and oxygen atoms in total. The van der Waals surface area contributed by atoms with Crippen molar-refractivity contribution in [2.24, 2.45) is 13.0 Å². The van der Waals surface area contributed by atoms with E-state index in [2.05, 4.69) is 26.0 Å². The predicted molar refractivity (Wildman–Crippen MR) is 57.2 cm³/mol. The van der Waals surface area contributed by atoms with E-state index >= 15 is 0 Å². The van der Waals surface area contributed by atoms with E-state index in [1.165, 1.54) is 4.80 Å². The van der Waals surface area contributed by atoms with Gasteiger partial charge in [0, 0.05) is 6.54 Å². The van der Waals surface area contributed by atoms with Crippen LogP contribution in [0.2, 0.25) is 0 Å². The van der Waals surface area contributed by atoms with Crippen molar-refractivity contribution in [3.63, 3.8) is 0 Å². The number of rotatable bonds is 5. The second-order valence-corrected chi connectivity index (χ2v) is 3.51. The van der Waals surface area contributed by atoms with Crippen LogP contribution in [0.3, 0.4) is 0 Å². The van der Waals surface area contributed by atoms with Gasteiger partial charge in [-0.25, -0.2) is 4.79 Å². The third kappa shape index (κ3) is 4.45. The third-order valence-corrected chi connectivity index (χ3v) is 2.02. The number of nitrogens with one attached hydrogen (secondary N) is 2. The molecule has 0 bridgehead atoms. The second-order valence-electron chi connectivity index (χ2n) is 3.51. The molecule has 0 saturated heterocycles. The van der Waals surface area contributed by atoms with Gasteiger partial charge < -0.3 is 10.4 Å². The number of nitrogens with zero attached hydrogens (tertiary/aromatic N) is 4. The topological polar surface area (TPSA) is 122 Å². The quantitative estimate of drug-likeness (QED) is 0.636. The first kappa shape index (κ1) is 12.9. The van der Waals surface area contributed by atoms with Gasteiger partial charge in [-0.2, -0.15) is 4.80 Å². The molecule has 3 N–H and O–H groups in total. The Kier molecular flexibility index (Phi) is 4.37. The molecule has 0 aliphatic rings. The number of aryl methyl sites for hydroxylation is 1. The van der Waals surface area contributed by atoms with Crippen LogP contribution >= 0.6 is 0 Å². The van der Waals surface area contributed by atoms with Crippen molar-refractivity contribution in [3.05, 3.63) is 0 Å². The Bertz CT molecular complexity index is 404. The monoisotopic (exact) mass is 242 g/mol. The van der Waals surface area contributed by atoms with Crippen LogP contribution in [0.15, 0.2) is 0 Å². The molecule has 0 fully saturated rings. The zero-order chi connectivity index (χ0) is 12.8. The molecule has 1 aromatic heterocycles. The minimum Gasteiger partial charge on any atom is -0.481 e. The first-order valence-corrected chi connectivity index (χ1v) is 5.00. The summed E-state index contributed by atoms with van der Waals surface area (Å²) in [6.07, 6.45) is 0.358. The lowest BCUT2D eigenvalue weighted by molar-refractivity contribution is -0.141. The van der Waals surface area contributed by atoms with E-state index in [-0.39, 0.29) is 12.5 Å². The van der Waals surface area contributed by atoms with E-state index in [9.17, 15) is 9.59 Å². The Morgan fingerprint density at radius 3 is 2.76 bits per heavy atom. The van der Waals surface area contributed by atoms with Gasteiger partial charge in [0.2, 0.25) is 0 Å². The van der Waals surface area contributed by atoms with Gasteiger partial charge in [0.25, 0.3) is 5.95 Å². The summed E-state index contributed by atoms with van der Waals surface area (Å²) in [7, 11) is 1.57. The van der Waals surface area contributed by atoms with Crippen LogP contribution in [0, 0.1) is 5.92 Å². The van der Waals surface area contributed by atoms with Crippen LogP contribution in [-0.4, -0.2) is 43.9 Å². The molecule has 1 atom stereocenters. The second kappa shape index (κ2) is 5.77. The number of tetrazole rings is 1. The van der Waals surface area contributed by atoms with Gasteiger partial charge in [-0.1, -0.05) is 12.0 Å². The van der Waals surface area contributed by atoms with Crippen molar-refractivity contribution in [2.75, 3.05) is 11.9 Å². The molecule has 0 saturated carbocycles. The van der Waals surface area contributed by atoms with Gasteiger partial charge in [0.15, 0.2) is 0 Å². The summed E-state index contributed by atoms with van der Waals surface area (Å²) in [5.41, 5.74) is 0. The molecule has 1 rings (SSSR count). The van der Waals surface area contributed by atoms with Crippen molar-refractivity contribution >= 4 is 17.9 Å². The number of hydrogen-bond donors (Lipinski definition) is 3. The van der Waals surface area contributed by atoms with Crippen LogP contribution in [0.1, 0.15) is 13.3 Å². The fraction of sp³-hybridized carbons (Fsp3) is 0.625. The van der Waals surface area contributed by atoms with E-state index in [4.69, 9.17) is 5.11 Å². The molecule has 0 radical (unpaired) electrons. The average Bonchev–Trinajstić information content (AvgIpc) is 2.63. The van der Waals surface area contributed by atoms with Crippen molar-refractivity contribution in [2.45, 2.75) is 13.3 Å². The molecular weight excluding hydrogens is 228 g/mol. The number of carbonyl (C=O) groups is 2. The van der Waals surface area contributed by atoms with E-state index < -0.39 is 17.9 Å². The van der Waals surface area contributed by atoms with Gasteiger partial charge >= 0.3 is 12.0 Å². The Hall–Kier alpha value is -2.19. The van der Waals surface area contributed by atoms with Crippen LogP contribution in [0.5, 0.6) is 0 Å². The van der Waals surface area contributed by atoms with Crippen molar-refractivity contribution in [1.29, 1.82) is 0 Å². The molecule has 17 heavy (non-hydrogen) atoms. The van der Waals surface area contributed by atoms with E-state index in [1.54, 1.807) is 14.0 Å². The largest absolute Gasteiger partial charge is 0.481 e. The summed E-state index contributed by atoms with van der Waals surface area (Å²) in [6.45, 7) is 1.84. The number of amides is 2. The minimum absolute atomic E-state index is 0.0938. The Labute approximate surface area is 97.2 Å². The first-order valence-electron chi connectivity index (χ1n) is 5.00. The molecule has 1 unspecified atom stereocenters. The summed E-state index contributed by atoms with van der Waals surface area (Å²) in [5.74, 6) is -1.29. The van der Waals surface area contributed by atoms with Crippen molar-refractivity contribution < 1.29 is 14.7 Å². The standard InChI is InChI=1S/C8H14N6O3/c1-5(6(15)16)3-4-9-8(17)10-7-11-13-14(2)12-7/h5H,3-4H2,1-2H3,(H,15,16)(H2,9,10,12,17). The van der Waals surface area contributed by atoms with E-state index in [0.717, 1.165) is 0 Å². The molecule has 2 amide bonds. The lowest BCUT2D eigenvalue weighted by atomic mass is 10.1. The fourth-order valence-electron chi connectivity index (χ4n) is 1.01. The highest BCUT2D eigenvalue weighted by Gasteiger charge is 2.11. The number of carboxylic acids is 1. The number of urea groups is 1. The molecule has 1 heterocycles. The summed E-state index contributed by atoms with van der Waals surface area (Å²) in [4.78, 5) is 23.0. The molecule has 0 spiro atoms. The molecule has 94 valence electrons. The van der Waals surface area contributed by atoms with Crippen molar-refractivity contribution in [3.8, 4) is 0 Å². The molecule has 1 aromatic rings. The van der Waals surface area contributed by atoms with Gasteiger partial charge in [0.05, 0.1) is 13.0 Å². The van der Waals surface area contributed by atoms with Gasteiger partial charge in [-0.05, 0) is 11.6 Å². The van der Waals surface area contributed by atoms with Crippen LogP contribution < -0.4 is 10.6 Å². The molecule has 0 aromatic carbocycles. The molecule has 0 aliphatic carbocycles. The minimum atomic E-state index is -0.886. The summed E-state index contributed by atoms with van der Waals surface area (Å²) in [6, 6.07) is -0.490. The Morgan fingerprint density at radius 1 is 1.53 bits per heavy atom. The van der Waals surface area contributed by atoms with E-state index in [1.807, 2.05) is 0 Å². The predicted octanol–water partition coefficient (Wildman–Crippen LogP) is -0.558. The first-order chi connectivity index (χ1) is 7.99.